The molecule has 1 nitrogen and oxygen atoms in total. The molecule has 2 fully saturated rings. The van der Waals surface area contributed by atoms with Gasteiger partial charge in [0, 0.05) is 5.41 Å². The molecule has 2 aliphatic rings. The third-order valence-corrected chi connectivity index (χ3v) is 4.52. The lowest BCUT2D eigenvalue weighted by atomic mass is 9.45. The highest BCUT2D eigenvalue weighted by atomic mass is 16.5. The standard InChI is InChI=1S/C12H22O/c1-9(2)12(10(3)4)5-11(6-12)7-13-8-11/h9-10H,5-8H2,1-4H3. The largest absolute Gasteiger partial charge is 0.380 e. The summed E-state index contributed by atoms with van der Waals surface area (Å²) >= 11 is 0. The zero-order valence-corrected chi connectivity index (χ0v) is 9.39. The Balaban J connectivity index is 2.04. The van der Waals surface area contributed by atoms with Gasteiger partial charge in [0.2, 0.25) is 0 Å². The summed E-state index contributed by atoms with van der Waals surface area (Å²) in [4.78, 5) is 0. The second kappa shape index (κ2) is 2.73. The lowest BCUT2D eigenvalue weighted by Gasteiger charge is -2.64. The first-order valence-electron chi connectivity index (χ1n) is 5.59. The second-order valence-corrected chi connectivity index (χ2v) is 5.89. The van der Waals surface area contributed by atoms with Crippen molar-refractivity contribution < 1.29 is 4.74 Å². The van der Waals surface area contributed by atoms with Crippen molar-refractivity contribution in [3.63, 3.8) is 0 Å². The summed E-state index contributed by atoms with van der Waals surface area (Å²) < 4.78 is 5.33. The molecule has 0 amide bonds. The van der Waals surface area contributed by atoms with Gasteiger partial charge in [-0.25, -0.2) is 0 Å². The molecule has 1 spiro atoms. The minimum absolute atomic E-state index is 0.620. The summed E-state index contributed by atoms with van der Waals surface area (Å²) in [5.41, 5.74) is 1.25. The van der Waals surface area contributed by atoms with Crippen molar-refractivity contribution in [3.8, 4) is 0 Å². The van der Waals surface area contributed by atoms with E-state index in [1.165, 1.54) is 12.8 Å². The Hall–Kier alpha value is -0.0400. The maximum absolute atomic E-state index is 5.33. The van der Waals surface area contributed by atoms with Crippen molar-refractivity contribution >= 4 is 0 Å². The zero-order valence-electron chi connectivity index (χ0n) is 9.39. The summed E-state index contributed by atoms with van der Waals surface area (Å²) in [6, 6.07) is 0. The summed E-state index contributed by atoms with van der Waals surface area (Å²) in [5, 5.41) is 0. The number of rotatable bonds is 2. The SMILES string of the molecule is CC(C)C1(C(C)C)CC2(COC2)C1. The fourth-order valence-corrected chi connectivity index (χ4v) is 3.42. The lowest BCUT2D eigenvalue weighted by molar-refractivity contribution is -0.236. The number of hydrogen-bond donors (Lipinski definition) is 0. The van der Waals surface area contributed by atoms with E-state index in [9.17, 15) is 0 Å². The van der Waals surface area contributed by atoms with Crippen molar-refractivity contribution in [1.82, 2.24) is 0 Å². The molecule has 0 radical (unpaired) electrons. The van der Waals surface area contributed by atoms with E-state index in [1.807, 2.05) is 0 Å². The first kappa shape index (κ1) is 9.51. The highest BCUT2D eigenvalue weighted by Gasteiger charge is 2.60. The Morgan fingerprint density at radius 2 is 1.38 bits per heavy atom. The van der Waals surface area contributed by atoms with Gasteiger partial charge < -0.3 is 4.74 Å². The fourth-order valence-electron chi connectivity index (χ4n) is 3.42. The Morgan fingerprint density at radius 3 is 1.62 bits per heavy atom. The molecule has 1 saturated carbocycles. The third-order valence-electron chi connectivity index (χ3n) is 4.52. The molecule has 0 N–H and O–H groups in total. The molecule has 0 unspecified atom stereocenters. The van der Waals surface area contributed by atoms with Crippen LogP contribution in [0.1, 0.15) is 40.5 Å². The van der Waals surface area contributed by atoms with Crippen LogP contribution in [0.5, 0.6) is 0 Å². The molecule has 0 atom stereocenters. The smallest absolute Gasteiger partial charge is 0.0545 e. The van der Waals surface area contributed by atoms with Gasteiger partial charge in [0.25, 0.3) is 0 Å². The molecule has 0 bridgehead atoms. The molecule has 1 heterocycles. The molecule has 13 heavy (non-hydrogen) atoms. The average molecular weight is 182 g/mol. The van der Waals surface area contributed by atoms with E-state index >= 15 is 0 Å². The van der Waals surface area contributed by atoms with Crippen molar-refractivity contribution in [2.45, 2.75) is 40.5 Å². The second-order valence-electron chi connectivity index (χ2n) is 5.89. The van der Waals surface area contributed by atoms with Crippen LogP contribution in [0, 0.1) is 22.7 Å². The third kappa shape index (κ3) is 1.16. The van der Waals surface area contributed by atoms with Crippen LogP contribution in [0.25, 0.3) is 0 Å². The topological polar surface area (TPSA) is 9.23 Å². The van der Waals surface area contributed by atoms with Crippen LogP contribution in [0.2, 0.25) is 0 Å². The van der Waals surface area contributed by atoms with E-state index in [4.69, 9.17) is 4.74 Å². The highest BCUT2D eigenvalue weighted by Crippen LogP contribution is 2.64. The molecule has 1 heteroatoms. The lowest BCUT2D eigenvalue weighted by Crippen LogP contribution is -2.61. The molecule has 1 aliphatic heterocycles. The predicted octanol–water partition coefficient (Wildman–Crippen LogP) is 3.10. The molecule has 0 aromatic heterocycles. The molecule has 1 aliphatic carbocycles. The summed E-state index contributed by atoms with van der Waals surface area (Å²) in [6.07, 6.45) is 2.82. The van der Waals surface area contributed by atoms with Gasteiger partial charge in [0.1, 0.15) is 0 Å². The quantitative estimate of drug-likeness (QED) is 0.637. The minimum Gasteiger partial charge on any atom is -0.380 e. The van der Waals surface area contributed by atoms with Crippen LogP contribution >= 0.6 is 0 Å². The first-order chi connectivity index (χ1) is 6.01. The Morgan fingerprint density at radius 1 is 0.923 bits per heavy atom. The van der Waals surface area contributed by atoms with Gasteiger partial charge in [-0.15, -0.1) is 0 Å². The van der Waals surface area contributed by atoms with E-state index in [0.717, 1.165) is 25.0 Å². The molecule has 0 aromatic rings. The minimum atomic E-state index is 0.620. The molecule has 76 valence electrons. The number of ether oxygens (including phenoxy) is 1. The molecule has 0 aromatic carbocycles. The van der Waals surface area contributed by atoms with E-state index < -0.39 is 0 Å². The zero-order chi connectivity index (χ0) is 9.69. The Kier molecular flexibility index (Phi) is 1.99. The molecule has 1 saturated heterocycles. The summed E-state index contributed by atoms with van der Waals surface area (Å²) in [6.45, 7) is 11.6. The van der Waals surface area contributed by atoms with Crippen LogP contribution in [0.3, 0.4) is 0 Å². The fraction of sp³-hybridized carbons (Fsp3) is 1.00. The van der Waals surface area contributed by atoms with Crippen LogP contribution in [-0.4, -0.2) is 13.2 Å². The highest BCUT2D eigenvalue weighted by molar-refractivity contribution is 5.08. The van der Waals surface area contributed by atoms with Crippen LogP contribution in [-0.2, 0) is 4.74 Å². The van der Waals surface area contributed by atoms with Crippen molar-refractivity contribution in [2.24, 2.45) is 22.7 Å². The maximum Gasteiger partial charge on any atom is 0.0545 e. The normalized spacial score (nSPS) is 29.1. The van der Waals surface area contributed by atoms with Gasteiger partial charge in [0.15, 0.2) is 0 Å². The summed E-state index contributed by atoms with van der Waals surface area (Å²) in [7, 11) is 0. The monoisotopic (exact) mass is 182 g/mol. The van der Waals surface area contributed by atoms with Gasteiger partial charge in [-0.2, -0.15) is 0 Å². The van der Waals surface area contributed by atoms with Gasteiger partial charge in [-0.05, 0) is 30.1 Å². The van der Waals surface area contributed by atoms with Crippen molar-refractivity contribution in [2.75, 3.05) is 13.2 Å². The van der Waals surface area contributed by atoms with Crippen LogP contribution in [0.15, 0.2) is 0 Å². The maximum atomic E-state index is 5.33. The first-order valence-corrected chi connectivity index (χ1v) is 5.59. The van der Waals surface area contributed by atoms with E-state index in [0.29, 0.717) is 10.8 Å². The van der Waals surface area contributed by atoms with Gasteiger partial charge >= 0.3 is 0 Å². The van der Waals surface area contributed by atoms with E-state index in [-0.39, 0.29) is 0 Å². The molecule has 2 rings (SSSR count). The van der Waals surface area contributed by atoms with Crippen LogP contribution < -0.4 is 0 Å². The number of hydrogen-bond acceptors (Lipinski definition) is 1. The molecular weight excluding hydrogens is 160 g/mol. The van der Waals surface area contributed by atoms with Gasteiger partial charge in [-0.3, -0.25) is 0 Å². The Bertz CT molecular complexity index is 183. The van der Waals surface area contributed by atoms with E-state index in [1.54, 1.807) is 0 Å². The van der Waals surface area contributed by atoms with Gasteiger partial charge in [0.05, 0.1) is 13.2 Å². The van der Waals surface area contributed by atoms with Gasteiger partial charge in [-0.1, -0.05) is 27.7 Å². The van der Waals surface area contributed by atoms with Crippen molar-refractivity contribution in [3.05, 3.63) is 0 Å². The van der Waals surface area contributed by atoms with Crippen molar-refractivity contribution in [1.29, 1.82) is 0 Å². The van der Waals surface area contributed by atoms with Crippen LogP contribution in [0.4, 0.5) is 0 Å². The molecular formula is C12H22O. The Labute approximate surface area is 81.9 Å². The summed E-state index contributed by atoms with van der Waals surface area (Å²) in [5.74, 6) is 1.66. The average Bonchev–Trinajstić information content (AvgIpc) is 1.78. The van der Waals surface area contributed by atoms with E-state index in [2.05, 4.69) is 27.7 Å². The predicted molar refractivity (Wildman–Crippen MR) is 54.6 cm³/mol.